The summed E-state index contributed by atoms with van der Waals surface area (Å²) in [6, 6.07) is 21.7. The fourth-order valence-corrected chi connectivity index (χ4v) is 5.30. The molecule has 1 amide bonds. The van der Waals surface area contributed by atoms with Crippen LogP contribution in [0.2, 0.25) is 0 Å². The standard InChI is InChI=1S/C24H22N4O2S2/c1-27-22(14-18-10-7-13-31-18)25-26-24(27)32-16-23(29)28-19-11-5-6-12-21(19)30-15-20(28)17-8-3-2-4-9-17/h2-13,20H,14-16H2,1H3. The van der Waals surface area contributed by atoms with Crippen molar-refractivity contribution in [3.8, 4) is 5.75 Å². The Morgan fingerprint density at radius 1 is 1.09 bits per heavy atom. The zero-order chi connectivity index (χ0) is 21.9. The van der Waals surface area contributed by atoms with Gasteiger partial charge in [-0.2, -0.15) is 0 Å². The summed E-state index contributed by atoms with van der Waals surface area (Å²) >= 11 is 3.12. The predicted octanol–water partition coefficient (Wildman–Crippen LogP) is 4.73. The van der Waals surface area contributed by atoms with Crippen molar-refractivity contribution in [2.75, 3.05) is 17.3 Å². The van der Waals surface area contributed by atoms with E-state index in [1.54, 1.807) is 11.3 Å². The van der Waals surface area contributed by atoms with Gasteiger partial charge in [-0.05, 0) is 29.1 Å². The summed E-state index contributed by atoms with van der Waals surface area (Å²) < 4.78 is 7.95. The highest BCUT2D eigenvalue weighted by molar-refractivity contribution is 7.99. The maximum absolute atomic E-state index is 13.5. The molecule has 0 radical (unpaired) electrons. The third kappa shape index (κ3) is 4.16. The van der Waals surface area contributed by atoms with Crippen molar-refractivity contribution in [3.63, 3.8) is 0 Å². The predicted molar refractivity (Wildman–Crippen MR) is 127 cm³/mol. The average molecular weight is 463 g/mol. The van der Waals surface area contributed by atoms with E-state index in [-0.39, 0.29) is 17.7 Å². The number of hydrogen-bond donors (Lipinski definition) is 0. The lowest BCUT2D eigenvalue weighted by atomic mass is 10.0. The number of para-hydroxylation sites is 2. The van der Waals surface area contributed by atoms with Gasteiger partial charge in [0.05, 0.1) is 17.5 Å². The topological polar surface area (TPSA) is 60.2 Å². The summed E-state index contributed by atoms with van der Waals surface area (Å²) in [5, 5.41) is 11.5. The third-order valence-corrected chi connectivity index (χ3v) is 7.33. The lowest BCUT2D eigenvalue weighted by Crippen LogP contribution is -2.42. The first-order valence-corrected chi connectivity index (χ1v) is 12.2. The summed E-state index contributed by atoms with van der Waals surface area (Å²) in [7, 11) is 1.95. The number of thioether (sulfide) groups is 1. The van der Waals surface area contributed by atoms with E-state index in [9.17, 15) is 4.79 Å². The molecule has 1 aliphatic rings. The number of aromatic nitrogens is 3. The van der Waals surface area contributed by atoms with Gasteiger partial charge in [-0.1, -0.05) is 60.3 Å². The normalized spacial score (nSPS) is 15.3. The first-order chi connectivity index (χ1) is 15.7. The first kappa shape index (κ1) is 20.8. The van der Waals surface area contributed by atoms with Crippen LogP contribution < -0.4 is 9.64 Å². The second kappa shape index (κ2) is 9.18. The molecule has 32 heavy (non-hydrogen) atoms. The molecule has 162 valence electrons. The van der Waals surface area contributed by atoms with Crippen LogP contribution in [0.5, 0.6) is 5.75 Å². The second-order valence-electron chi connectivity index (χ2n) is 7.47. The third-order valence-electron chi connectivity index (χ3n) is 5.45. The average Bonchev–Trinajstić information content (AvgIpc) is 3.47. The number of benzene rings is 2. The Kier molecular flexibility index (Phi) is 5.96. The molecule has 2 aromatic heterocycles. The molecular formula is C24H22N4O2S2. The van der Waals surface area contributed by atoms with Gasteiger partial charge in [-0.3, -0.25) is 9.69 Å². The summed E-state index contributed by atoms with van der Waals surface area (Å²) in [5.41, 5.74) is 1.85. The highest BCUT2D eigenvalue weighted by Gasteiger charge is 2.33. The molecule has 1 unspecified atom stereocenters. The van der Waals surface area contributed by atoms with E-state index in [1.807, 2.05) is 77.2 Å². The van der Waals surface area contributed by atoms with Crippen LogP contribution in [0.4, 0.5) is 5.69 Å². The van der Waals surface area contributed by atoms with Crippen molar-refractivity contribution >= 4 is 34.7 Å². The quantitative estimate of drug-likeness (QED) is 0.388. The number of thiophene rings is 1. The summed E-state index contributed by atoms with van der Waals surface area (Å²) in [6.45, 7) is 0.423. The maximum atomic E-state index is 13.5. The highest BCUT2D eigenvalue weighted by Crippen LogP contribution is 2.39. The minimum absolute atomic E-state index is 0.0161. The van der Waals surface area contributed by atoms with Crippen LogP contribution in [0.25, 0.3) is 0 Å². The Bertz CT molecular complexity index is 1210. The number of fused-ring (bicyclic) bond motifs is 1. The Balaban J connectivity index is 1.36. The molecule has 5 rings (SSSR count). The molecule has 0 aliphatic carbocycles. The Labute approximate surface area is 194 Å². The molecule has 3 heterocycles. The number of anilines is 1. The van der Waals surface area contributed by atoms with E-state index in [1.165, 1.54) is 16.6 Å². The van der Waals surface area contributed by atoms with E-state index in [2.05, 4.69) is 21.6 Å². The van der Waals surface area contributed by atoms with Gasteiger partial charge in [0.1, 0.15) is 18.2 Å². The molecule has 0 saturated carbocycles. The van der Waals surface area contributed by atoms with E-state index < -0.39 is 0 Å². The number of nitrogens with zero attached hydrogens (tertiary/aromatic N) is 4. The summed E-state index contributed by atoms with van der Waals surface area (Å²) in [4.78, 5) is 16.6. The molecule has 0 spiro atoms. The molecule has 8 heteroatoms. The minimum Gasteiger partial charge on any atom is -0.489 e. The molecule has 4 aromatic rings. The molecule has 0 N–H and O–H groups in total. The number of hydrogen-bond acceptors (Lipinski definition) is 6. The molecule has 0 bridgehead atoms. The molecule has 0 saturated heterocycles. The van der Waals surface area contributed by atoms with Gasteiger partial charge in [0.2, 0.25) is 5.91 Å². The van der Waals surface area contributed by atoms with Crippen molar-refractivity contribution in [1.82, 2.24) is 14.8 Å². The zero-order valence-corrected chi connectivity index (χ0v) is 19.2. The Morgan fingerprint density at radius 3 is 2.72 bits per heavy atom. The minimum atomic E-state index is -0.173. The summed E-state index contributed by atoms with van der Waals surface area (Å²) in [6.07, 6.45) is 0.739. The maximum Gasteiger partial charge on any atom is 0.238 e. The van der Waals surface area contributed by atoms with Crippen LogP contribution in [-0.2, 0) is 18.3 Å². The van der Waals surface area contributed by atoms with Crippen molar-refractivity contribution in [2.24, 2.45) is 7.05 Å². The number of carbonyl (C=O) groups is 1. The second-order valence-corrected chi connectivity index (χ2v) is 9.45. The summed E-state index contributed by atoms with van der Waals surface area (Å²) in [5.74, 6) is 1.90. The number of rotatable bonds is 6. The van der Waals surface area contributed by atoms with Gasteiger partial charge in [0, 0.05) is 18.3 Å². The van der Waals surface area contributed by atoms with E-state index in [0.29, 0.717) is 6.61 Å². The van der Waals surface area contributed by atoms with Crippen LogP contribution in [0.15, 0.2) is 77.3 Å². The lowest BCUT2D eigenvalue weighted by Gasteiger charge is -2.37. The smallest absolute Gasteiger partial charge is 0.238 e. The molecule has 0 fully saturated rings. The highest BCUT2D eigenvalue weighted by atomic mass is 32.2. The van der Waals surface area contributed by atoms with Gasteiger partial charge in [0.25, 0.3) is 0 Å². The van der Waals surface area contributed by atoms with Crippen molar-refractivity contribution in [1.29, 1.82) is 0 Å². The fourth-order valence-electron chi connectivity index (χ4n) is 3.81. The van der Waals surface area contributed by atoms with Crippen LogP contribution in [-0.4, -0.2) is 33.0 Å². The van der Waals surface area contributed by atoms with Crippen molar-refractivity contribution < 1.29 is 9.53 Å². The van der Waals surface area contributed by atoms with Gasteiger partial charge in [-0.25, -0.2) is 0 Å². The van der Waals surface area contributed by atoms with Gasteiger partial charge in [-0.15, -0.1) is 21.5 Å². The lowest BCUT2D eigenvalue weighted by molar-refractivity contribution is -0.117. The SMILES string of the molecule is Cn1c(Cc2cccs2)nnc1SCC(=O)N1c2ccccc2OCC1c1ccccc1. The monoisotopic (exact) mass is 462 g/mol. The largest absolute Gasteiger partial charge is 0.489 e. The van der Waals surface area contributed by atoms with E-state index >= 15 is 0 Å². The van der Waals surface area contributed by atoms with Gasteiger partial charge in [0.15, 0.2) is 5.16 Å². The van der Waals surface area contributed by atoms with Crippen LogP contribution in [0, 0.1) is 0 Å². The fraction of sp³-hybridized carbons (Fsp3) is 0.208. The van der Waals surface area contributed by atoms with Crippen molar-refractivity contribution in [3.05, 3.63) is 88.4 Å². The molecule has 1 aliphatic heterocycles. The van der Waals surface area contributed by atoms with Crippen LogP contribution in [0.1, 0.15) is 22.3 Å². The number of carbonyl (C=O) groups excluding carboxylic acids is 1. The van der Waals surface area contributed by atoms with E-state index in [0.717, 1.165) is 34.4 Å². The van der Waals surface area contributed by atoms with Crippen molar-refractivity contribution in [2.45, 2.75) is 17.6 Å². The Morgan fingerprint density at radius 2 is 1.91 bits per heavy atom. The first-order valence-electron chi connectivity index (χ1n) is 10.3. The zero-order valence-electron chi connectivity index (χ0n) is 17.5. The van der Waals surface area contributed by atoms with Gasteiger partial charge >= 0.3 is 0 Å². The Hall–Kier alpha value is -3.10. The number of ether oxygens (including phenoxy) is 1. The molecule has 6 nitrogen and oxygen atoms in total. The molecule has 2 aromatic carbocycles. The van der Waals surface area contributed by atoms with Crippen LogP contribution >= 0.6 is 23.1 Å². The molecule has 1 atom stereocenters. The van der Waals surface area contributed by atoms with E-state index in [4.69, 9.17) is 4.74 Å². The van der Waals surface area contributed by atoms with Crippen LogP contribution in [0.3, 0.4) is 0 Å². The molecular weight excluding hydrogens is 440 g/mol. The number of amides is 1. The van der Waals surface area contributed by atoms with Gasteiger partial charge < -0.3 is 9.30 Å².